The van der Waals surface area contributed by atoms with E-state index in [-0.39, 0.29) is 25.2 Å². The Morgan fingerprint density at radius 3 is 2.53 bits per heavy atom. The van der Waals surface area contributed by atoms with Crippen molar-refractivity contribution in [2.45, 2.75) is 31.1 Å². The number of alkyl halides is 3. The van der Waals surface area contributed by atoms with Crippen LogP contribution in [0.2, 0.25) is 0 Å². The summed E-state index contributed by atoms with van der Waals surface area (Å²) in [5.74, 6) is 0.271. The van der Waals surface area contributed by atoms with Gasteiger partial charge in [0.25, 0.3) is 0 Å². The molecular weight excluding hydrogens is 211 g/mol. The fraction of sp³-hybridized carbons (Fsp3) is 0.857. The lowest BCUT2D eigenvalue weighted by Crippen LogP contribution is -2.44. The molecule has 0 bridgehead atoms. The average molecular weight is 221 g/mol. The molecule has 0 aromatic carbocycles. The summed E-state index contributed by atoms with van der Waals surface area (Å²) < 4.78 is 37.4. The van der Waals surface area contributed by atoms with E-state index < -0.39 is 11.7 Å². The van der Waals surface area contributed by atoms with Crippen molar-refractivity contribution in [3.05, 3.63) is 5.82 Å². The minimum absolute atomic E-state index is 0.00660. The molecule has 1 aliphatic rings. The molecule has 2 rings (SSSR count). The number of aryl methyl sites for hydroxylation is 1. The predicted molar refractivity (Wildman–Crippen MR) is 43.7 cm³/mol. The second-order valence-corrected chi connectivity index (χ2v) is 3.63. The molecule has 15 heavy (non-hydrogen) atoms. The minimum atomic E-state index is -4.20. The maximum Gasteiger partial charge on any atom is 0.406 e. The van der Waals surface area contributed by atoms with Gasteiger partial charge in [-0.05, 0) is 18.1 Å². The van der Waals surface area contributed by atoms with Gasteiger partial charge in [0.05, 0.1) is 13.6 Å². The number of aromatic nitrogens is 4. The van der Waals surface area contributed by atoms with Crippen LogP contribution in [0.5, 0.6) is 0 Å². The van der Waals surface area contributed by atoms with Crippen molar-refractivity contribution in [1.82, 2.24) is 25.5 Å². The van der Waals surface area contributed by atoms with Gasteiger partial charge in [0.1, 0.15) is 5.54 Å². The van der Waals surface area contributed by atoms with Crippen LogP contribution in [0.1, 0.15) is 18.7 Å². The van der Waals surface area contributed by atoms with Crippen LogP contribution in [0.4, 0.5) is 13.2 Å². The highest BCUT2D eigenvalue weighted by Crippen LogP contribution is 2.48. The van der Waals surface area contributed by atoms with Crippen LogP contribution in [0, 0.1) is 0 Å². The molecule has 1 aliphatic carbocycles. The van der Waals surface area contributed by atoms with E-state index in [1.165, 1.54) is 4.80 Å². The molecule has 1 aromatic rings. The highest BCUT2D eigenvalue weighted by atomic mass is 19.4. The smallest absolute Gasteiger partial charge is 0.296 e. The molecule has 0 spiro atoms. The first-order chi connectivity index (χ1) is 6.93. The predicted octanol–water partition coefficient (Wildman–Crippen LogP) is 0.395. The summed E-state index contributed by atoms with van der Waals surface area (Å²) in [4.78, 5) is 1.21. The zero-order valence-corrected chi connectivity index (χ0v) is 8.04. The van der Waals surface area contributed by atoms with Crippen LogP contribution < -0.4 is 5.32 Å². The zero-order valence-electron chi connectivity index (χ0n) is 8.04. The van der Waals surface area contributed by atoms with E-state index in [2.05, 4.69) is 20.7 Å². The lowest BCUT2D eigenvalue weighted by molar-refractivity contribution is -0.166. The van der Waals surface area contributed by atoms with Crippen LogP contribution in [0.15, 0.2) is 0 Å². The summed E-state index contributed by atoms with van der Waals surface area (Å²) in [6, 6.07) is 0. The van der Waals surface area contributed by atoms with Crippen molar-refractivity contribution in [3.8, 4) is 0 Å². The lowest BCUT2D eigenvalue weighted by atomic mass is 10.2. The first-order valence-corrected chi connectivity index (χ1v) is 4.48. The fourth-order valence-corrected chi connectivity index (χ4v) is 1.33. The van der Waals surface area contributed by atoms with Crippen LogP contribution >= 0.6 is 0 Å². The summed E-state index contributed by atoms with van der Waals surface area (Å²) in [6.07, 6.45) is -3.96. The normalized spacial score (nSPS) is 19.2. The van der Waals surface area contributed by atoms with Crippen LogP contribution in [0.25, 0.3) is 0 Å². The van der Waals surface area contributed by atoms with Crippen molar-refractivity contribution in [1.29, 1.82) is 0 Å². The highest BCUT2D eigenvalue weighted by Gasteiger charge is 2.63. The van der Waals surface area contributed by atoms with Crippen molar-refractivity contribution in [2.24, 2.45) is 7.05 Å². The van der Waals surface area contributed by atoms with Crippen molar-refractivity contribution in [2.75, 3.05) is 0 Å². The van der Waals surface area contributed by atoms with Crippen LogP contribution in [-0.4, -0.2) is 31.9 Å². The summed E-state index contributed by atoms with van der Waals surface area (Å²) in [6.45, 7) is -0.00660. The second-order valence-electron chi connectivity index (χ2n) is 3.63. The molecule has 0 radical (unpaired) electrons. The molecule has 1 aromatic heterocycles. The van der Waals surface area contributed by atoms with Gasteiger partial charge < -0.3 is 0 Å². The number of nitrogens with one attached hydrogen (secondary N) is 1. The van der Waals surface area contributed by atoms with E-state index in [0.29, 0.717) is 0 Å². The molecule has 8 heteroatoms. The summed E-state index contributed by atoms with van der Waals surface area (Å²) in [5, 5.41) is 13.4. The summed E-state index contributed by atoms with van der Waals surface area (Å²) >= 11 is 0. The molecular formula is C7H10F3N5. The molecule has 1 N–H and O–H groups in total. The van der Waals surface area contributed by atoms with Crippen molar-refractivity contribution < 1.29 is 13.2 Å². The molecule has 0 saturated heterocycles. The molecule has 1 saturated carbocycles. The van der Waals surface area contributed by atoms with Gasteiger partial charge in [0, 0.05) is 0 Å². The first-order valence-electron chi connectivity index (χ1n) is 4.48. The van der Waals surface area contributed by atoms with Gasteiger partial charge in [-0.15, -0.1) is 10.2 Å². The van der Waals surface area contributed by atoms with Crippen molar-refractivity contribution in [3.63, 3.8) is 0 Å². The third kappa shape index (κ3) is 1.94. The summed E-state index contributed by atoms with van der Waals surface area (Å²) in [5.41, 5.74) is -1.72. The number of nitrogens with zero attached hydrogens (tertiary/aromatic N) is 4. The minimum Gasteiger partial charge on any atom is -0.296 e. The maximum absolute atomic E-state index is 12.5. The van der Waals surface area contributed by atoms with Crippen LogP contribution in [-0.2, 0) is 13.6 Å². The number of hydrogen-bond donors (Lipinski definition) is 1. The van der Waals surface area contributed by atoms with E-state index >= 15 is 0 Å². The Bertz CT molecular complexity index is 354. The Morgan fingerprint density at radius 1 is 1.47 bits per heavy atom. The molecule has 5 nitrogen and oxygen atoms in total. The van der Waals surface area contributed by atoms with Crippen LogP contribution in [0.3, 0.4) is 0 Å². The van der Waals surface area contributed by atoms with Gasteiger partial charge in [-0.2, -0.15) is 18.0 Å². The van der Waals surface area contributed by atoms with Gasteiger partial charge in [-0.25, -0.2) is 0 Å². The molecule has 1 fully saturated rings. The molecule has 0 aliphatic heterocycles. The Kier molecular flexibility index (Phi) is 2.18. The van der Waals surface area contributed by atoms with E-state index in [1.807, 2.05) is 0 Å². The third-order valence-corrected chi connectivity index (χ3v) is 2.43. The van der Waals surface area contributed by atoms with E-state index in [0.717, 1.165) is 0 Å². The largest absolute Gasteiger partial charge is 0.406 e. The average Bonchev–Trinajstić information content (AvgIpc) is 2.82. The van der Waals surface area contributed by atoms with Gasteiger partial charge in [-0.1, -0.05) is 0 Å². The number of halogens is 3. The molecule has 0 unspecified atom stereocenters. The topological polar surface area (TPSA) is 55.6 Å². The number of tetrazole rings is 1. The van der Waals surface area contributed by atoms with E-state index in [1.54, 1.807) is 7.05 Å². The Labute approximate surface area is 83.6 Å². The standard InChI is InChI=1S/C7H10F3N5/c1-15-13-5(12-14-15)4-11-6(2-3-6)7(8,9)10/h11H,2-4H2,1H3. The molecule has 1 heterocycles. The number of rotatable bonds is 3. The maximum atomic E-state index is 12.5. The Hall–Kier alpha value is -1.18. The van der Waals surface area contributed by atoms with E-state index in [9.17, 15) is 13.2 Å². The molecule has 84 valence electrons. The van der Waals surface area contributed by atoms with Gasteiger partial charge >= 0.3 is 6.18 Å². The van der Waals surface area contributed by atoms with Gasteiger partial charge in [0.15, 0.2) is 5.82 Å². The second kappa shape index (κ2) is 3.16. The fourth-order valence-electron chi connectivity index (χ4n) is 1.33. The quantitative estimate of drug-likeness (QED) is 0.802. The Balaban J connectivity index is 1.94. The van der Waals surface area contributed by atoms with E-state index in [4.69, 9.17) is 0 Å². The monoisotopic (exact) mass is 221 g/mol. The lowest BCUT2D eigenvalue weighted by Gasteiger charge is -2.19. The molecule has 0 amide bonds. The third-order valence-electron chi connectivity index (χ3n) is 2.43. The SMILES string of the molecule is Cn1nnc(CNC2(C(F)(F)F)CC2)n1. The molecule has 0 atom stereocenters. The van der Waals surface area contributed by atoms with Gasteiger partial charge in [-0.3, -0.25) is 5.32 Å². The van der Waals surface area contributed by atoms with Crippen molar-refractivity contribution >= 4 is 0 Å². The summed E-state index contributed by atoms with van der Waals surface area (Å²) in [7, 11) is 1.56. The first kappa shape index (κ1) is 10.3. The van der Waals surface area contributed by atoms with Gasteiger partial charge in [0.2, 0.25) is 0 Å². The number of hydrogen-bond acceptors (Lipinski definition) is 4. The Morgan fingerprint density at radius 2 is 2.13 bits per heavy atom. The highest BCUT2D eigenvalue weighted by molar-refractivity contribution is 5.08. The zero-order chi connectivity index (χ0) is 11.1.